The van der Waals surface area contributed by atoms with Crippen LogP contribution >= 0.6 is 0 Å². The van der Waals surface area contributed by atoms with Gasteiger partial charge in [0.25, 0.3) is 0 Å². The minimum atomic E-state index is -1.55. The van der Waals surface area contributed by atoms with Crippen LogP contribution in [-0.4, -0.2) is 10.1 Å². The van der Waals surface area contributed by atoms with Gasteiger partial charge in [0.1, 0.15) is 6.10 Å². The van der Waals surface area contributed by atoms with E-state index >= 15 is 0 Å². The zero-order chi connectivity index (χ0) is 13.3. The Bertz CT molecular complexity index is 563. The van der Waals surface area contributed by atoms with E-state index in [-0.39, 0.29) is 5.56 Å². The van der Waals surface area contributed by atoms with Crippen LogP contribution in [0.15, 0.2) is 30.6 Å². The minimum Gasteiger partial charge on any atom is -0.384 e. The highest BCUT2D eigenvalue weighted by Gasteiger charge is 2.17. The third-order valence-electron chi connectivity index (χ3n) is 2.53. The molecule has 0 saturated heterocycles. The molecule has 0 spiro atoms. The van der Waals surface area contributed by atoms with Gasteiger partial charge in [-0.3, -0.25) is 4.98 Å². The lowest BCUT2D eigenvalue weighted by molar-refractivity contribution is 0.218. The number of halogens is 3. The first-order chi connectivity index (χ1) is 8.49. The predicted molar refractivity (Wildman–Crippen MR) is 59.4 cm³/mol. The van der Waals surface area contributed by atoms with Gasteiger partial charge in [0.2, 0.25) is 0 Å². The Hall–Kier alpha value is -1.88. The lowest BCUT2D eigenvalue weighted by Crippen LogP contribution is -2.03. The van der Waals surface area contributed by atoms with Gasteiger partial charge < -0.3 is 5.11 Å². The Labute approximate surface area is 102 Å². The Kier molecular flexibility index (Phi) is 3.34. The average molecular weight is 253 g/mol. The first-order valence-corrected chi connectivity index (χ1v) is 5.23. The minimum absolute atomic E-state index is 0.0567. The van der Waals surface area contributed by atoms with E-state index in [1.54, 1.807) is 19.2 Å². The molecule has 18 heavy (non-hydrogen) atoms. The van der Waals surface area contributed by atoms with Crippen molar-refractivity contribution in [3.05, 3.63) is 64.7 Å². The quantitative estimate of drug-likeness (QED) is 0.835. The zero-order valence-corrected chi connectivity index (χ0v) is 9.49. The second kappa shape index (κ2) is 4.78. The summed E-state index contributed by atoms with van der Waals surface area (Å²) in [6.45, 7) is 1.77. The highest BCUT2D eigenvalue weighted by molar-refractivity contribution is 5.31. The standard InChI is InChI=1S/C13H10F3NO/c1-7-2-9(6-17-5-7)13(18)8-3-10(14)12(16)11(15)4-8/h2-6,13,18H,1H3. The molecule has 1 unspecified atom stereocenters. The maximum Gasteiger partial charge on any atom is 0.194 e. The molecule has 0 aliphatic heterocycles. The van der Waals surface area contributed by atoms with Crippen LogP contribution in [0.2, 0.25) is 0 Å². The van der Waals surface area contributed by atoms with Gasteiger partial charge >= 0.3 is 0 Å². The summed E-state index contributed by atoms with van der Waals surface area (Å²) in [4.78, 5) is 3.87. The molecule has 0 aliphatic carbocycles. The summed E-state index contributed by atoms with van der Waals surface area (Å²) in [7, 11) is 0. The zero-order valence-electron chi connectivity index (χ0n) is 9.49. The Morgan fingerprint density at radius 3 is 2.17 bits per heavy atom. The van der Waals surface area contributed by atoms with Gasteiger partial charge in [0.15, 0.2) is 17.5 Å². The third-order valence-corrected chi connectivity index (χ3v) is 2.53. The van der Waals surface area contributed by atoms with Gasteiger partial charge in [0.05, 0.1) is 0 Å². The second-order valence-electron chi connectivity index (χ2n) is 4.00. The number of aryl methyl sites for hydroxylation is 1. The summed E-state index contributed by atoms with van der Waals surface area (Å²) in [5.74, 6) is -4.21. The fraction of sp³-hybridized carbons (Fsp3) is 0.154. The maximum absolute atomic E-state index is 13.1. The SMILES string of the molecule is Cc1cncc(C(O)c2cc(F)c(F)c(F)c2)c1. The van der Waals surface area contributed by atoms with E-state index in [0.717, 1.165) is 17.7 Å². The molecular weight excluding hydrogens is 243 g/mol. The molecular formula is C13H10F3NO. The molecule has 2 nitrogen and oxygen atoms in total. The van der Waals surface area contributed by atoms with Gasteiger partial charge in [-0.15, -0.1) is 0 Å². The normalized spacial score (nSPS) is 12.5. The highest BCUT2D eigenvalue weighted by Crippen LogP contribution is 2.24. The summed E-state index contributed by atoms with van der Waals surface area (Å²) in [6, 6.07) is 3.17. The van der Waals surface area contributed by atoms with E-state index < -0.39 is 23.6 Å². The van der Waals surface area contributed by atoms with Crippen LogP contribution < -0.4 is 0 Å². The topological polar surface area (TPSA) is 33.1 Å². The second-order valence-corrected chi connectivity index (χ2v) is 4.00. The summed E-state index contributed by atoms with van der Waals surface area (Å²) in [5, 5.41) is 9.96. The monoisotopic (exact) mass is 253 g/mol. The van der Waals surface area contributed by atoms with Gasteiger partial charge in [-0.05, 0) is 30.2 Å². The van der Waals surface area contributed by atoms with Crippen molar-refractivity contribution in [2.45, 2.75) is 13.0 Å². The Morgan fingerprint density at radius 2 is 1.61 bits per heavy atom. The lowest BCUT2D eigenvalue weighted by Gasteiger charge is -2.12. The predicted octanol–water partition coefficient (Wildman–Crippen LogP) is 2.89. The Balaban J connectivity index is 2.43. The molecule has 0 aliphatic rings. The highest BCUT2D eigenvalue weighted by atomic mass is 19.2. The molecule has 2 aromatic rings. The van der Waals surface area contributed by atoms with Gasteiger partial charge in [0, 0.05) is 18.0 Å². The molecule has 0 fully saturated rings. The molecule has 2 rings (SSSR count). The Morgan fingerprint density at radius 1 is 1.00 bits per heavy atom. The molecule has 0 bridgehead atoms. The molecule has 0 radical (unpaired) electrons. The number of nitrogens with zero attached hydrogens (tertiary/aromatic N) is 1. The molecule has 1 atom stereocenters. The van der Waals surface area contributed by atoms with Crippen molar-refractivity contribution < 1.29 is 18.3 Å². The number of hydrogen-bond acceptors (Lipinski definition) is 2. The number of benzene rings is 1. The number of rotatable bonds is 2. The van der Waals surface area contributed by atoms with Crippen LogP contribution in [0, 0.1) is 24.4 Å². The van der Waals surface area contributed by atoms with Crippen LogP contribution in [0.3, 0.4) is 0 Å². The van der Waals surface area contributed by atoms with Gasteiger partial charge in [-0.25, -0.2) is 13.2 Å². The van der Waals surface area contributed by atoms with E-state index in [1.165, 1.54) is 6.20 Å². The molecule has 5 heteroatoms. The summed E-state index contributed by atoms with van der Waals surface area (Å²) < 4.78 is 38.9. The van der Waals surface area contributed by atoms with Crippen LogP contribution in [0.5, 0.6) is 0 Å². The first kappa shape index (κ1) is 12.6. The van der Waals surface area contributed by atoms with E-state index in [1.807, 2.05) is 0 Å². The molecule has 1 aromatic carbocycles. The average Bonchev–Trinajstić information content (AvgIpc) is 2.34. The van der Waals surface area contributed by atoms with Crippen molar-refractivity contribution in [1.82, 2.24) is 4.98 Å². The molecule has 1 heterocycles. The van der Waals surface area contributed by atoms with E-state index in [0.29, 0.717) is 5.56 Å². The number of aliphatic hydroxyl groups is 1. The maximum atomic E-state index is 13.1. The fourth-order valence-electron chi connectivity index (χ4n) is 1.65. The molecule has 1 aromatic heterocycles. The first-order valence-electron chi connectivity index (χ1n) is 5.23. The van der Waals surface area contributed by atoms with Crippen molar-refractivity contribution in [3.63, 3.8) is 0 Å². The van der Waals surface area contributed by atoms with Crippen LogP contribution in [0.4, 0.5) is 13.2 Å². The van der Waals surface area contributed by atoms with Crippen molar-refractivity contribution in [2.75, 3.05) is 0 Å². The largest absolute Gasteiger partial charge is 0.384 e. The van der Waals surface area contributed by atoms with E-state index in [9.17, 15) is 18.3 Å². The van der Waals surface area contributed by atoms with Crippen molar-refractivity contribution in [1.29, 1.82) is 0 Å². The molecule has 0 saturated carbocycles. The van der Waals surface area contributed by atoms with E-state index in [4.69, 9.17) is 0 Å². The lowest BCUT2D eigenvalue weighted by atomic mass is 10.0. The smallest absolute Gasteiger partial charge is 0.194 e. The number of aromatic nitrogens is 1. The summed E-state index contributed by atoms with van der Waals surface area (Å²) >= 11 is 0. The van der Waals surface area contributed by atoms with Crippen molar-refractivity contribution in [3.8, 4) is 0 Å². The third kappa shape index (κ3) is 2.36. The number of pyridine rings is 1. The summed E-state index contributed by atoms with van der Waals surface area (Å²) in [5.41, 5.74) is 1.13. The molecule has 94 valence electrons. The van der Waals surface area contributed by atoms with Crippen LogP contribution in [0.1, 0.15) is 22.8 Å². The van der Waals surface area contributed by atoms with Crippen molar-refractivity contribution >= 4 is 0 Å². The summed E-state index contributed by atoms with van der Waals surface area (Å²) in [6.07, 6.45) is 1.72. The fourth-order valence-corrected chi connectivity index (χ4v) is 1.65. The van der Waals surface area contributed by atoms with Crippen LogP contribution in [-0.2, 0) is 0 Å². The number of hydrogen-bond donors (Lipinski definition) is 1. The van der Waals surface area contributed by atoms with E-state index in [2.05, 4.69) is 4.98 Å². The molecule has 1 N–H and O–H groups in total. The number of aliphatic hydroxyl groups excluding tert-OH is 1. The van der Waals surface area contributed by atoms with Crippen LogP contribution in [0.25, 0.3) is 0 Å². The van der Waals surface area contributed by atoms with Crippen molar-refractivity contribution in [2.24, 2.45) is 0 Å². The van der Waals surface area contributed by atoms with Gasteiger partial charge in [-0.1, -0.05) is 6.07 Å². The van der Waals surface area contributed by atoms with Gasteiger partial charge in [-0.2, -0.15) is 0 Å². The molecule has 0 amide bonds.